The molecule has 7 heteroatoms. The van der Waals surface area contributed by atoms with Crippen molar-refractivity contribution in [3.63, 3.8) is 0 Å². The average molecular weight is 238 g/mol. The van der Waals surface area contributed by atoms with Crippen molar-refractivity contribution in [3.8, 4) is 0 Å². The molecule has 1 rings (SSSR count). The van der Waals surface area contributed by atoms with Crippen LogP contribution in [0.5, 0.6) is 0 Å². The van der Waals surface area contributed by atoms with Gasteiger partial charge in [-0.05, 0) is 13.8 Å². The highest BCUT2D eigenvalue weighted by atomic mass is 32.2. The lowest BCUT2D eigenvalue weighted by atomic mass is 10.3. The molecule has 0 amide bonds. The molecular formula is C8H18N2O4S. The molecule has 0 radical (unpaired) electrons. The van der Waals surface area contributed by atoms with Gasteiger partial charge in [-0.15, -0.1) is 0 Å². The Labute approximate surface area is 90.3 Å². The molecule has 0 aromatic rings. The van der Waals surface area contributed by atoms with Crippen LogP contribution in [0.25, 0.3) is 0 Å². The molecule has 6 nitrogen and oxygen atoms in total. The Morgan fingerprint density at radius 1 is 1.47 bits per heavy atom. The Morgan fingerprint density at radius 2 is 2.00 bits per heavy atom. The van der Waals surface area contributed by atoms with Crippen molar-refractivity contribution in [2.45, 2.75) is 18.9 Å². The predicted octanol–water partition coefficient (Wildman–Crippen LogP) is -1.08. The maximum absolute atomic E-state index is 11.6. The first kappa shape index (κ1) is 12.9. The first-order valence-corrected chi connectivity index (χ1v) is 6.39. The monoisotopic (exact) mass is 238 g/mol. The van der Waals surface area contributed by atoms with E-state index in [2.05, 4.69) is 9.50 Å². The number of aliphatic hydroxyl groups is 1. The molecule has 2 N–H and O–H groups in total. The van der Waals surface area contributed by atoms with Crippen LogP contribution in [-0.2, 0) is 14.3 Å². The normalized spacial score (nSPS) is 23.7. The Morgan fingerprint density at radius 3 is 2.47 bits per heavy atom. The van der Waals surface area contributed by atoms with Gasteiger partial charge in [0.2, 0.25) is 5.06 Å². The Kier molecular flexibility index (Phi) is 4.07. The third-order valence-electron chi connectivity index (χ3n) is 2.45. The summed E-state index contributed by atoms with van der Waals surface area (Å²) in [6.07, 6.45) is 0. The zero-order valence-electron chi connectivity index (χ0n) is 9.06. The SMILES string of the molecule is CCOS(=O)(=O)C(C)(O)N1CCNCC1. The fourth-order valence-corrected chi connectivity index (χ4v) is 2.54. The molecular weight excluding hydrogens is 220 g/mol. The highest BCUT2D eigenvalue weighted by Crippen LogP contribution is 2.21. The maximum Gasteiger partial charge on any atom is 0.311 e. The second-order valence-electron chi connectivity index (χ2n) is 3.53. The van der Waals surface area contributed by atoms with Crippen molar-refractivity contribution in [2.24, 2.45) is 0 Å². The number of hydrogen-bond donors (Lipinski definition) is 2. The third kappa shape index (κ3) is 2.67. The minimum absolute atomic E-state index is 0.0323. The molecule has 0 saturated carbocycles. The summed E-state index contributed by atoms with van der Waals surface area (Å²) >= 11 is 0. The molecule has 0 aliphatic carbocycles. The van der Waals surface area contributed by atoms with Crippen LogP contribution in [0.3, 0.4) is 0 Å². The van der Waals surface area contributed by atoms with Crippen molar-refractivity contribution in [1.82, 2.24) is 10.2 Å². The van der Waals surface area contributed by atoms with Crippen molar-refractivity contribution < 1.29 is 17.7 Å². The lowest BCUT2D eigenvalue weighted by molar-refractivity contribution is -0.0376. The van der Waals surface area contributed by atoms with Gasteiger partial charge >= 0.3 is 10.1 Å². The third-order valence-corrected chi connectivity index (χ3v) is 4.20. The number of nitrogens with zero attached hydrogens (tertiary/aromatic N) is 1. The first-order chi connectivity index (χ1) is 6.92. The van der Waals surface area contributed by atoms with Crippen molar-refractivity contribution in [3.05, 3.63) is 0 Å². The lowest BCUT2D eigenvalue weighted by Crippen LogP contribution is -2.58. The number of nitrogens with one attached hydrogen (secondary N) is 1. The molecule has 15 heavy (non-hydrogen) atoms. The summed E-state index contributed by atoms with van der Waals surface area (Å²) in [5, 5.41) is 11.1. The topological polar surface area (TPSA) is 78.9 Å². The van der Waals surface area contributed by atoms with Crippen LogP contribution in [0.1, 0.15) is 13.8 Å². The Bertz CT molecular complexity index is 296. The van der Waals surface area contributed by atoms with Crippen LogP contribution >= 0.6 is 0 Å². The van der Waals surface area contributed by atoms with E-state index in [4.69, 9.17) is 0 Å². The molecule has 1 aliphatic rings. The van der Waals surface area contributed by atoms with E-state index in [1.165, 1.54) is 11.8 Å². The van der Waals surface area contributed by atoms with Gasteiger partial charge in [-0.1, -0.05) is 0 Å². The smallest absolute Gasteiger partial charge is 0.311 e. The molecule has 0 spiro atoms. The molecule has 0 aromatic heterocycles. The minimum atomic E-state index is -3.96. The van der Waals surface area contributed by atoms with E-state index in [9.17, 15) is 13.5 Å². The van der Waals surface area contributed by atoms with Crippen LogP contribution in [0.2, 0.25) is 0 Å². The summed E-state index contributed by atoms with van der Waals surface area (Å²) in [4.78, 5) is 1.49. The predicted molar refractivity (Wildman–Crippen MR) is 55.6 cm³/mol. The van der Waals surface area contributed by atoms with Crippen molar-refractivity contribution >= 4 is 10.1 Å². The minimum Gasteiger partial charge on any atom is -0.361 e. The number of rotatable bonds is 4. The van der Waals surface area contributed by atoms with Crippen LogP contribution in [0.15, 0.2) is 0 Å². The van der Waals surface area contributed by atoms with Gasteiger partial charge in [-0.3, -0.25) is 9.08 Å². The summed E-state index contributed by atoms with van der Waals surface area (Å²) in [5.74, 6) is 0. The van der Waals surface area contributed by atoms with Gasteiger partial charge in [0.25, 0.3) is 0 Å². The van der Waals surface area contributed by atoms with Crippen LogP contribution in [-0.4, -0.2) is 56.3 Å². The highest BCUT2D eigenvalue weighted by Gasteiger charge is 2.43. The van der Waals surface area contributed by atoms with Gasteiger partial charge in [0, 0.05) is 26.2 Å². The standard InChI is InChI=1S/C8H18N2O4S/c1-3-14-15(12,13)8(2,11)10-6-4-9-5-7-10/h9,11H,3-7H2,1-2H3. The van der Waals surface area contributed by atoms with Gasteiger partial charge in [0.1, 0.15) is 0 Å². The quantitative estimate of drug-likeness (QED) is 0.607. The van der Waals surface area contributed by atoms with E-state index < -0.39 is 15.2 Å². The van der Waals surface area contributed by atoms with E-state index in [-0.39, 0.29) is 6.61 Å². The first-order valence-electron chi connectivity index (χ1n) is 4.99. The second kappa shape index (κ2) is 4.75. The molecule has 0 aromatic carbocycles. The molecule has 1 unspecified atom stereocenters. The summed E-state index contributed by atoms with van der Waals surface area (Å²) < 4.78 is 27.8. The highest BCUT2D eigenvalue weighted by molar-refractivity contribution is 7.87. The second-order valence-corrected chi connectivity index (χ2v) is 5.45. The fraction of sp³-hybridized carbons (Fsp3) is 1.00. The average Bonchev–Trinajstić information content (AvgIpc) is 2.19. The van der Waals surface area contributed by atoms with Crippen molar-refractivity contribution in [2.75, 3.05) is 32.8 Å². The van der Waals surface area contributed by atoms with Crippen LogP contribution < -0.4 is 5.32 Å². The molecule has 90 valence electrons. The van der Waals surface area contributed by atoms with E-state index in [0.29, 0.717) is 26.2 Å². The zero-order valence-corrected chi connectivity index (χ0v) is 9.88. The lowest BCUT2D eigenvalue weighted by Gasteiger charge is -2.37. The molecule has 1 aliphatic heterocycles. The molecule has 1 heterocycles. The Hall–Kier alpha value is -0.210. The molecule has 0 bridgehead atoms. The van der Waals surface area contributed by atoms with Gasteiger partial charge in [0.05, 0.1) is 6.61 Å². The number of hydrogen-bond acceptors (Lipinski definition) is 6. The van der Waals surface area contributed by atoms with Crippen LogP contribution in [0, 0.1) is 0 Å². The molecule has 1 atom stereocenters. The number of piperazine rings is 1. The van der Waals surface area contributed by atoms with Crippen LogP contribution in [0.4, 0.5) is 0 Å². The molecule has 1 fully saturated rings. The van der Waals surface area contributed by atoms with E-state index in [1.807, 2.05) is 0 Å². The van der Waals surface area contributed by atoms with E-state index in [0.717, 1.165) is 0 Å². The van der Waals surface area contributed by atoms with E-state index >= 15 is 0 Å². The van der Waals surface area contributed by atoms with Gasteiger partial charge in [-0.2, -0.15) is 8.42 Å². The van der Waals surface area contributed by atoms with E-state index in [1.54, 1.807) is 6.92 Å². The Balaban J connectivity index is 2.80. The van der Waals surface area contributed by atoms with Gasteiger partial charge in [-0.25, -0.2) is 0 Å². The fourth-order valence-electron chi connectivity index (χ4n) is 1.50. The summed E-state index contributed by atoms with van der Waals surface area (Å²) in [5.41, 5.74) is 0. The van der Waals surface area contributed by atoms with Crippen molar-refractivity contribution in [1.29, 1.82) is 0 Å². The summed E-state index contributed by atoms with van der Waals surface area (Å²) in [7, 11) is -3.96. The summed E-state index contributed by atoms with van der Waals surface area (Å²) in [6, 6.07) is 0. The molecule has 1 saturated heterocycles. The summed E-state index contributed by atoms with van der Waals surface area (Å²) in [6.45, 7) is 5.16. The van der Waals surface area contributed by atoms with Gasteiger partial charge in [0.15, 0.2) is 0 Å². The largest absolute Gasteiger partial charge is 0.361 e. The maximum atomic E-state index is 11.6. The zero-order chi connectivity index (χ0) is 11.5. The van der Waals surface area contributed by atoms with Gasteiger partial charge < -0.3 is 10.4 Å².